The Balaban J connectivity index is 1.55. The smallest absolute Gasteiger partial charge is 0.346 e. The van der Waals surface area contributed by atoms with E-state index in [0.29, 0.717) is 0 Å². The number of hydrogen-bond donors (Lipinski definition) is 1. The number of nitrogens with zero attached hydrogens (tertiary/aromatic N) is 2. The van der Waals surface area contributed by atoms with Crippen LogP contribution in [0.4, 0.5) is 17.1 Å². The SMILES string of the molecule is N#C/C(=C/c1ccc(/C=C/c2ccc(N(c3ccccc3)c3ccccc3)cc2)s1)C(=O)O. The highest BCUT2D eigenvalue weighted by atomic mass is 32.1. The predicted octanol–water partition coefficient (Wildman–Crippen LogP) is 7.38. The Hall–Kier alpha value is -4.40. The van der Waals surface area contributed by atoms with Gasteiger partial charge in [-0.05, 0) is 66.2 Å². The van der Waals surface area contributed by atoms with Crippen molar-refractivity contribution in [3.05, 3.63) is 118 Å². The largest absolute Gasteiger partial charge is 0.477 e. The highest BCUT2D eigenvalue weighted by molar-refractivity contribution is 7.13. The van der Waals surface area contributed by atoms with Gasteiger partial charge < -0.3 is 10.0 Å². The van der Waals surface area contributed by atoms with Crippen LogP contribution in [0.5, 0.6) is 0 Å². The molecule has 33 heavy (non-hydrogen) atoms. The van der Waals surface area contributed by atoms with Crippen LogP contribution in [0.25, 0.3) is 18.2 Å². The van der Waals surface area contributed by atoms with Crippen molar-refractivity contribution in [3.8, 4) is 6.07 Å². The van der Waals surface area contributed by atoms with Crippen molar-refractivity contribution in [3.63, 3.8) is 0 Å². The summed E-state index contributed by atoms with van der Waals surface area (Å²) in [7, 11) is 0. The molecule has 0 aliphatic carbocycles. The summed E-state index contributed by atoms with van der Waals surface area (Å²) in [5.74, 6) is -1.22. The van der Waals surface area contributed by atoms with Crippen molar-refractivity contribution in [1.29, 1.82) is 5.26 Å². The molecule has 0 saturated heterocycles. The number of rotatable bonds is 7. The minimum atomic E-state index is -1.22. The minimum Gasteiger partial charge on any atom is -0.477 e. The molecule has 4 rings (SSSR count). The summed E-state index contributed by atoms with van der Waals surface area (Å²) in [6.45, 7) is 0. The van der Waals surface area contributed by atoms with E-state index in [9.17, 15) is 4.79 Å². The topological polar surface area (TPSA) is 64.3 Å². The summed E-state index contributed by atoms with van der Waals surface area (Å²) in [4.78, 5) is 14.9. The number of carboxylic acids is 1. The second kappa shape index (κ2) is 10.3. The normalized spacial score (nSPS) is 11.3. The number of para-hydroxylation sites is 2. The van der Waals surface area contributed by atoms with E-state index in [1.54, 1.807) is 6.07 Å². The zero-order valence-electron chi connectivity index (χ0n) is 17.6. The Morgan fingerprint density at radius 3 is 1.85 bits per heavy atom. The lowest BCUT2D eigenvalue weighted by atomic mass is 10.1. The number of carboxylic acid groups (broad SMARTS) is 1. The van der Waals surface area contributed by atoms with E-state index in [1.807, 2.05) is 60.7 Å². The van der Waals surface area contributed by atoms with Gasteiger partial charge in [0.1, 0.15) is 11.6 Å². The summed E-state index contributed by atoms with van der Waals surface area (Å²) >= 11 is 1.43. The fraction of sp³-hybridized carbons (Fsp3) is 0. The molecule has 5 heteroatoms. The zero-order valence-corrected chi connectivity index (χ0v) is 18.4. The van der Waals surface area contributed by atoms with E-state index in [4.69, 9.17) is 10.4 Å². The Morgan fingerprint density at radius 1 is 0.758 bits per heavy atom. The molecule has 0 aliphatic rings. The minimum absolute atomic E-state index is 0.274. The van der Waals surface area contributed by atoms with Crippen LogP contribution >= 0.6 is 11.3 Å². The maximum absolute atomic E-state index is 11.0. The Labute approximate surface area is 196 Å². The first-order valence-corrected chi connectivity index (χ1v) is 11.1. The van der Waals surface area contributed by atoms with Crippen LogP contribution in [0.2, 0.25) is 0 Å². The van der Waals surface area contributed by atoms with E-state index < -0.39 is 5.97 Å². The maximum Gasteiger partial charge on any atom is 0.346 e. The van der Waals surface area contributed by atoms with E-state index >= 15 is 0 Å². The molecule has 4 aromatic rings. The van der Waals surface area contributed by atoms with Crippen LogP contribution in [0.3, 0.4) is 0 Å². The third-order valence-electron chi connectivity index (χ3n) is 4.91. The molecule has 0 aliphatic heterocycles. The molecule has 0 bridgehead atoms. The average Bonchev–Trinajstić information content (AvgIpc) is 3.31. The standard InChI is InChI=1S/C28H20N2O2S/c29-20-22(28(31)32)19-27-18-17-26(33-27)16-13-21-11-14-25(15-12-21)30(23-7-3-1-4-8-23)24-9-5-2-6-10-24/h1-19H,(H,31,32)/b16-13+,22-19-. The van der Waals surface area contributed by atoms with E-state index in [2.05, 4.69) is 53.4 Å². The molecule has 0 atom stereocenters. The molecular formula is C28H20N2O2S. The van der Waals surface area contributed by atoms with Crippen molar-refractivity contribution in [2.75, 3.05) is 4.90 Å². The summed E-state index contributed by atoms with van der Waals surface area (Å²) in [5, 5.41) is 17.9. The third-order valence-corrected chi connectivity index (χ3v) is 5.90. The number of anilines is 3. The average molecular weight is 449 g/mol. The molecule has 3 aromatic carbocycles. The van der Waals surface area contributed by atoms with E-state index in [0.717, 1.165) is 32.4 Å². The van der Waals surface area contributed by atoms with Crippen LogP contribution in [-0.4, -0.2) is 11.1 Å². The second-order valence-corrected chi connectivity index (χ2v) is 8.29. The van der Waals surface area contributed by atoms with Crippen molar-refractivity contribution >= 4 is 52.6 Å². The first-order valence-electron chi connectivity index (χ1n) is 10.3. The quantitative estimate of drug-likeness (QED) is 0.237. The molecule has 0 saturated carbocycles. The molecule has 4 nitrogen and oxygen atoms in total. The molecule has 0 fully saturated rings. The van der Waals surface area contributed by atoms with Gasteiger partial charge in [-0.1, -0.05) is 54.6 Å². The maximum atomic E-state index is 11.0. The van der Waals surface area contributed by atoms with Gasteiger partial charge in [0.25, 0.3) is 0 Å². The van der Waals surface area contributed by atoms with Crippen molar-refractivity contribution < 1.29 is 9.90 Å². The summed E-state index contributed by atoms with van der Waals surface area (Å²) in [5.41, 5.74) is 4.01. The van der Waals surface area contributed by atoms with Gasteiger partial charge in [0, 0.05) is 26.8 Å². The van der Waals surface area contributed by atoms with Gasteiger partial charge in [0.2, 0.25) is 0 Å². The monoisotopic (exact) mass is 448 g/mol. The highest BCUT2D eigenvalue weighted by Gasteiger charge is 2.11. The molecule has 1 aromatic heterocycles. The Morgan fingerprint density at radius 2 is 1.30 bits per heavy atom. The van der Waals surface area contributed by atoms with Gasteiger partial charge in [-0.15, -0.1) is 11.3 Å². The molecule has 1 heterocycles. The van der Waals surface area contributed by atoms with E-state index in [1.165, 1.54) is 17.4 Å². The number of carbonyl (C=O) groups is 1. The molecule has 160 valence electrons. The lowest BCUT2D eigenvalue weighted by Crippen LogP contribution is -2.09. The zero-order chi connectivity index (χ0) is 23.0. The number of hydrogen-bond acceptors (Lipinski definition) is 4. The van der Waals surface area contributed by atoms with Crippen LogP contribution in [-0.2, 0) is 4.79 Å². The van der Waals surface area contributed by atoms with Crippen LogP contribution < -0.4 is 4.90 Å². The molecule has 0 spiro atoms. The van der Waals surface area contributed by atoms with Crippen LogP contribution in [0, 0.1) is 11.3 Å². The first-order chi connectivity index (χ1) is 16.1. The van der Waals surface area contributed by atoms with Gasteiger partial charge in [0.15, 0.2) is 0 Å². The van der Waals surface area contributed by atoms with Crippen molar-refractivity contribution in [1.82, 2.24) is 0 Å². The number of thiophene rings is 1. The van der Waals surface area contributed by atoms with Gasteiger partial charge >= 0.3 is 5.97 Å². The fourth-order valence-corrected chi connectivity index (χ4v) is 4.19. The van der Waals surface area contributed by atoms with Gasteiger partial charge in [0.05, 0.1) is 0 Å². The lowest BCUT2D eigenvalue weighted by molar-refractivity contribution is -0.132. The lowest BCUT2D eigenvalue weighted by Gasteiger charge is -2.25. The molecule has 0 unspecified atom stereocenters. The van der Waals surface area contributed by atoms with Gasteiger partial charge in [-0.25, -0.2) is 4.79 Å². The fourth-order valence-electron chi connectivity index (χ4n) is 3.33. The second-order valence-electron chi connectivity index (χ2n) is 7.15. The molecule has 1 N–H and O–H groups in total. The van der Waals surface area contributed by atoms with Gasteiger partial charge in [-0.3, -0.25) is 0 Å². The Bertz CT molecular complexity index is 1290. The summed E-state index contributed by atoms with van der Waals surface area (Å²) < 4.78 is 0. The van der Waals surface area contributed by atoms with Crippen molar-refractivity contribution in [2.45, 2.75) is 0 Å². The summed E-state index contributed by atoms with van der Waals surface area (Å²) in [6, 6.07) is 34.2. The van der Waals surface area contributed by atoms with Crippen LogP contribution in [0.1, 0.15) is 15.3 Å². The number of aliphatic carboxylic acids is 1. The van der Waals surface area contributed by atoms with Gasteiger partial charge in [-0.2, -0.15) is 5.26 Å². The first kappa shape index (κ1) is 21.8. The number of nitriles is 1. The Kier molecular flexibility index (Phi) is 6.79. The van der Waals surface area contributed by atoms with Crippen molar-refractivity contribution in [2.24, 2.45) is 0 Å². The predicted molar refractivity (Wildman–Crippen MR) is 136 cm³/mol. The molecular weight excluding hydrogens is 428 g/mol. The molecule has 0 radical (unpaired) electrons. The summed E-state index contributed by atoms with van der Waals surface area (Å²) in [6.07, 6.45) is 5.39. The number of benzene rings is 3. The molecule has 0 amide bonds. The highest BCUT2D eigenvalue weighted by Crippen LogP contribution is 2.34. The van der Waals surface area contributed by atoms with E-state index in [-0.39, 0.29) is 5.57 Å². The van der Waals surface area contributed by atoms with Crippen LogP contribution in [0.15, 0.2) is 103 Å². The third kappa shape index (κ3) is 5.45.